The summed E-state index contributed by atoms with van der Waals surface area (Å²) in [5, 5.41) is 1.50. The number of hydrogen-bond acceptors (Lipinski definition) is 5. The molecule has 0 aromatic carbocycles. The van der Waals surface area contributed by atoms with Crippen LogP contribution in [0.25, 0.3) is 0 Å². The fraction of sp³-hybridized carbons (Fsp3) is 0.250. The number of nitrogens with two attached hydrogens (primary N) is 2. The summed E-state index contributed by atoms with van der Waals surface area (Å²) in [7, 11) is 0. The van der Waals surface area contributed by atoms with Crippen molar-refractivity contribution in [2.45, 2.75) is 6.17 Å². The molecule has 0 saturated heterocycles. The summed E-state index contributed by atoms with van der Waals surface area (Å²) in [6, 6.07) is 3.76. The predicted molar refractivity (Wildman–Crippen MR) is 51.3 cm³/mol. The van der Waals surface area contributed by atoms with Crippen molar-refractivity contribution in [3.05, 3.63) is 23.9 Å². The first-order chi connectivity index (χ1) is 6.33. The van der Waals surface area contributed by atoms with Crippen LogP contribution in [0.5, 0.6) is 0 Å². The summed E-state index contributed by atoms with van der Waals surface area (Å²) in [5.41, 5.74) is 6.41. The van der Waals surface area contributed by atoms with Crippen molar-refractivity contribution in [1.82, 2.24) is 4.98 Å². The van der Waals surface area contributed by atoms with Gasteiger partial charge in [-0.05, 0) is 12.1 Å². The van der Waals surface area contributed by atoms with E-state index in [1.54, 1.807) is 12.4 Å². The van der Waals surface area contributed by atoms with Crippen LogP contribution in [0.2, 0.25) is 0 Å². The second-order valence-electron chi connectivity index (χ2n) is 2.82. The highest BCUT2D eigenvalue weighted by Crippen LogP contribution is 2.18. The quantitative estimate of drug-likeness (QED) is 0.565. The monoisotopic (exact) mass is 177 g/mol. The number of fused-ring (bicyclic) bond motifs is 1. The Bertz CT molecular complexity index is 335. The molecular weight excluding hydrogens is 166 g/mol. The summed E-state index contributed by atoms with van der Waals surface area (Å²) >= 11 is 0. The normalized spacial score (nSPS) is 20.2. The molecule has 4 N–H and O–H groups in total. The molecule has 68 valence electrons. The van der Waals surface area contributed by atoms with Crippen LogP contribution in [-0.4, -0.2) is 23.9 Å². The molecule has 0 radical (unpaired) electrons. The van der Waals surface area contributed by atoms with Crippen LogP contribution < -0.4 is 16.6 Å². The van der Waals surface area contributed by atoms with Crippen molar-refractivity contribution in [3.63, 3.8) is 0 Å². The lowest BCUT2D eigenvalue weighted by molar-refractivity contribution is 0.626. The SMILES string of the molecule is NCC1N=Cc2cccnc2N1N. The van der Waals surface area contributed by atoms with Gasteiger partial charge in [0.25, 0.3) is 0 Å². The predicted octanol–water partition coefficient (Wildman–Crippen LogP) is -0.521. The highest BCUT2D eigenvalue weighted by atomic mass is 15.5. The number of hydrazine groups is 1. The van der Waals surface area contributed by atoms with Crippen molar-refractivity contribution in [3.8, 4) is 0 Å². The molecule has 0 fully saturated rings. The second-order valence-corrected chi connectivity index (χ2v) is 2.82. The van der Waals surface area contributed by atoms with Crippen molar-refractivity contribution in [2.24, 2.45) is 16.6 Å². The number of nitrogens with zero attached hydrogens (tertiary/aromatic N) is 3. The molecule has 1 atom stereocenters. The van der Waals surface area contributed by atoms with Gasteiger partial charge >= 0.3 is 0 Å². The minimum Gasteiger partial charge on any atom is -0.327 e. The highest BCUT2D eigenvalue weighted by Gasteiger charge is 2.19. The first-order valence-electron chi connectivity index (χ1n) is 4.05. The Morgan fingerprint density at radius 1 is 1.54 bits per heavy atom. The Morgan fingerprint density at radius 2 is 2.38 bits per heavy atom. The molecule has 1 aliphatic rings. The molecule has 1 aromatic heterocycles. The molecule has 1 unspecified atom stereocenters. The maximum Gasteiger partial charge on any atom is 0.153 e. The number of hydrogen-bond donors (Lipinski definition) is 2. The number of aromatic nitrogens is 1. The molecule has 0 aliphatic carbocycles. The molecule has 5 heteroatoms. The van der Waals surface area contributed by atoms with E-state index in [4.69, 9.17) is 11.6 Å². The fourth-order valence-corrected chi connectivity index (χ4v) is 1.28. The standard InChI is InChI=1S/C8H11N5/c9-4-7-12-5-6-2-1-3-11-8(6)13(7)10/h1-3,5,7H,4,9-10H2. The van der Waals surface area contributed by atoms with E-state index in [1.807, 2.05) is 12.1 Å². The minimum atomic E-state index is -0.192. The fourth-order valence-electron chi connectivity index (χ4n) is 1.28. The molecule has 1 aromatic rings. The third-order valence-electron chi connectivity index (χ3n) is 1.98. The van der Waals surface area contributed by atoms with Crippen LogP contribution in [-0.2, 0) is 0 Å². The van der Waals surface area contributed by atoms with Crippen LogP contribution in [0.4, 0.5) is 5.82 Å². The first kappa shape index (κ1) is 8.15. The van der Waals surface area contributed by atoms with Gasteiger partial charge < -0.3 is 5.73 Å². The van der Waals surface area contributed by atoms with Crippen LogP contribution in [0.1, 0.15) is 5.56 Å². The maximum absolute atomic E-state index is 5.78. The molecule has 5 nitrogen and oxygen atoms in total. The van der Waals surface area contributed by atoms with Gasteiger partial charge in [-0.25, -0.2) is 10.8 Å². The maximum atomic E-state index is 5.78. The average Bonchev–Trinajstić information content (AvgIpc) is 2.19. The van der Waals surface area contributed by atoms with Gasteiger partial charge in [-0.2, -0.15) is 0 Å². The molecule has 2 heterocycles. The minimum absolute atomic E-state index is 0.192. The Morgan fingerprint density at radius 3 is 3.15 bits per heavy atom. The van der Waals surface area contributed by atoms with Crippen molar-refractivity contribution < 1.29 is 0 Å². The van der Waals surface area contributed by atoms with Crippen LogP contribution >= 0.6 is 0 Å². The molecule has 2 rings (SSSR count). The highest BCUT2D eigenvalue weighted by molar-refractivity contribution is 5.88. The van der Waals surface area contributed by atoms with Gasteiger partial charge in [-0.3, -0.25) is 10.0 Å². The smallest absolute Gasteiger partial charge is 0.153 e. The summed E-state index contributed by atoms with van der Waals surface area (Å²) in [6.45, 7) is 0.392. The van der Waals surface area contributed by atoms with E-state index in [-0.39, 0.29) is 6.17 Å². The Hall–Kier alpha value is -1.46. The Balaban J connectivity index is 2.42. The van der Waals surface area contributed by atoms with Gasteiger partial charge in [0.15, 0.2) is 5.82 Å². The lowest BCUT2D eigenvalue weighted by atomic mass is 10.2. The van der Waals surface area contributed by atoms with Crippen molar-refractivity contribution >= 4 is 12.0 Å². The number of aliphatic imine (C=N–C) groups is 1. The zero-order valence-corrected chi connectivity index (χ0v) is 7.09. The van der Waals surface area contributed by atoms with E-state index < -0.39 is 0 Å². The third kappa shape index (κ3) is 1.28. The van der Waals surface area contributed by atoms with Crippen LogP contribution in [0.15, 0.2) is 23.3 Å². The molecule has 1 aliphatic heterocycles. The van der Waals surface area contributed by atoms with Crippen LogP contribution in [0, 0.1) is 0 Å². The first-order valence-corrected chi connectivity index (χ1v) is 4.05. The molecular formula is C8H11N5. The molecule has 0 spiro atoms. The lowest BCUT2D eigenvalue weighted by Crippen LogP contribution is -2.47. The molecule has 0 amide bonds. The van der Waals surface area contributed by atoms with Gasteiger partial charge in [0.1, 0.15) is 6.17 Å². The number of anilines is 1. The van der Waals surface area contributed by atoms with E-state index >= 15 is 0 Å². The summed E-state index contributed by atoms with van der Waals surface area (Å²) < 4.78 is 0. The topological polar surface area (TPSA) is 80.5 Å². The van der Waals surface area contributed by atoms with Gasteiger partial charge in [-0.15, -0.1) is 0 Å². The zero-order chi connectivity index (χ0) is 9.26. The van der Waals surface area contributed by atoms with Gasteiger partial charge in [0.05, 0.1) is 0 Å². The van der Waals surface area contributed by atoms with E-state index in [2.05, 4.69) is 9.98 Å². The van der Waals surface area contributed by atoms with E-state index in [0.29, 0.717) is 6.54 Å². The van der Waals surface area contributed by atoms with E-state index in [9.17, 15) is 0 Å². The lowest BCUT2D eigenvalue weighted by Gasteiger charge is -2.28. The largest absolute Gasteiger partial charge is 0.327 e. The van der Waals surface area contributed by atoms with Crippen LogP contribution in [0.3, 0.4) is 0 Å². The summed E-state index contributed by atoms with van der Waals surface area (Å²) in [5.74, 6) is 6.51. The van der Waals surface area contributed by atoms with Gasteiger partial charge in [-0.1, -0.05) is 0 Å². The Labute approximate surface area is 76.0 Å². The Kier molecular flexibility index (Phi) is 1.96. The number of pyridine rings is 1. The molecule has 0 saturated carbocycles. The third-order valence-corrected chi connectivity index (χ3v) is 1.98. The zero-order valence-electron chi connectivity index (χ0n) is 7.09. The average molecular weight is 177 g/mol. The molecule has 13 heavy (non-hydrogen) atoms. The van der Waals surface area contributed by atoms with Crippen molar-refractivity contribution in [2.75, 3.05) is 11.6 Å². The van der Waals surface area contributed by atoms with E-state index in [0.717, 1.165) is 11.4 Å². The number of rotatable bonds is 1. The molecule has 0 bridgehead atoms. The van der Waals surface area contributed by atoms with Crippen molar-refractivity contribution in [1.29, 1.82) is 0 Å². The second kappa shape index (κ2) is 3.12. The summed E-state index contributed by atoms with van der Waals surface area (Å²) in [6.07, 6.45) is 3.26. The van der Waals surface area contributed by atoms with Gasteiger partial charge in [0, 0.05) is 24.5 Å². The van der Waals surface area contributed by atoms with E-state index in [1.165, 1.54) is 5.01 Å². The van der Waals surface area contributed by atoms with Gasteiger partial charge in [0.2, 0.25) is 0 Å². The summed E-state index contributed by atoms with van der Waals surface area (Å²) in [4.78, 5) is 8.33.